The number of hydrogen-bond donors (Lipinski definition) is 2. The zero-order valence-corrected chi connectivity index (χ0v) is 14.3. The van der Waals surface area contributed by atoms with Crippen molar-refractivity contribution in [2.75, 3.05) is 32.8 Å². The van der Waals surface area contributed by atoms with E-state index in [1.807, 2.05) is 6.92 Å². The molecule has 1 amide bonds. The first kappa shape index (κ1) is 17.9. The van der Waals surface area contributed by atoms with E-state index in [4.69, 9.17) is 10.5 Å². The first-order chi connectivity index (χ1) is 11.1. The minimum absolute atomic E-state index is 0.0576. The topological polar surface area (TPSA) is 67.6 Å². The van der Waals surface area contributed by atoms with Crippen LogP contribution in [0.4, 0.5) is 0 Å². The van der Waals surface area contributed by atoms with Crippen molar-refractivity contribution in [1.82, 2.24) is 10.2 Å². The second-order valence-electron chi connectivity index (χ2n) is 6.22. The Morgan fingerprint density at radius 1 is 1.39 bits per heavy atom. The number of hydrogen-bond acceptors (Lipinski definition) is 4. The van der Waals surface area contributed by atoms with Gasteiger partial charge in [0.25, 0.3) is 0 Å². The lowest BCUT2D eigenvalue weighted by Gasteiger charge is -2.35. The molecule has 3 N–H and O–H groups in total. The highest BCUT2D eigenvalue weighted by Gasteiger charge is 2.24. The van der Waals surface area contributed by atoms with Gasteiger partial charge in [0.1, 0.15) is 0 Å². The minimum atomic E-state index is -0.414. The van der Waals surface area contributed by atoms with Gasteiger partial charge in [0, 0.05) is 19.6 Å². The zero-order valence-electron chi connectivity index (χ0n) is 14.3. The van der Waals surface area contributed by atoms with Crippen molar-refractivity contribution in [1.29, 1.82) is 0 Å². The average Bonchev–Trinajstić information content (AvgIpc) is 2.56. The highest BCUT2D eigenvalue weighted by molar-refractivity contribution is 5.81. The van der Waals surface area contributed by atoms with Gasteiger partial charge in [-0.2, -0.15) is 0 Å². The summed E-state index contributed by atoms with van der Waals surface area (Å²) in [6.45, 7) is 7.97. The van der Waals surface area contributed by atoms with E-state index in [0.29, 0.717) is 6.54 Å². The van der Waals surface area contributed by atoms with Gasteiger partial charge in [0.2, 0.25) is 5.91 Å². The predicted octanol–water partition coefficient (Wildman–Crippen LogP) is 1.61. The van der Waals surface area contributed by atoms with E-state index in [-0.39, 0.29) is 11.9 Å². The fourth-order valence-electron chi connectivity index (χ4n) is 2.99. The molecule has 23 heavy (non-hydrogen) atoms. The normalized spacial score (nSPS) is 18.4. The SMILES string of the molecule is CCCC(N)C(=O)NCC(c1cccc(C)c1)N1CCOCC1. The van der Waals surface area contributed by atoms with Crippen molar-refractivity contribution >= 4 is 5.91 Å². The molecule has 0 bridgehead atoms. The molecule has 1 aliphatic rings. The van der Waals surface area contributed by atoms with Crippen molar-refractivity contribution < 1.29 is 9.53 Å². The van der Waals surface area contributed by atoms with E-state index < -0.39 is 6.04 Å². The number of carbonyl (C=O) groups excluding carboxylic acids is 1. The lowest BCUT2D eigenvalue weighted by molar-refractivity contribution is -0.122. The molecule has 1 fully saturated rings. The number of amides is 1. The van der Waals surface area contributed by atoms with Gasteiger partial charge < -0.3 is 15.8 Å². The number of morpholine rings is 1. The molecule has 0 saturated carbocycles. The molecular formula is C18H29N3O2. The first-order valence-electron chi connectivity index (χ1n) is 8.53. The molecule has 1 aliphatic heterocycles. The molecular weight excluding hydrogens is 290 g/mol. The lowest BCUT2D eigenvalue weighted by Crippen LogP contribution is -2.47. The summed E-state index contributed by atoms with van der Waals surface area (Å²) < 4.78 is 5.46. The summed E-state index contributed by atoms with van der Waals surface area (Å²) in [7, 11) is 0. The van der Waals surface area contributed by atoms with Crippen LogP contribution in [-0.4, -0.2) is 49.7 Å². The van der Waals surface area contributed by atoms with Crippen molar-refractivity contribution in [3.8, 4) is 0 Å². The molecule has 5 nitrogen and oxygen atoms in total. The van der Waals surface area contributed by atoms with Crippen LogP contribution in [0.1, 0.15) is 36.9 Å². The Bertz CT molecular complexity index is 501. The number of nitrogens with one attached hydrogen (secondary N) is 1. The fourth-order valence-corrected chi connectivity index (χ4v) is 2.99. The lowest BCUT2D eigenvalue weighted by atomic mass is 10.0. The molecule has 1 saturated heterocycles. The number of carbonyl (C=O) groups is 1. The monoisotopic (exact) mass is 319 g/mol. The van der Waals surface area contributed by atoms with E-state index >= 15 is 0 Å². The molecule has 0 aliphatic carbocycles. The summed E-state index contributed by atoms with van der Waals surface area (Å²) in [5.41, 5.74) is 8.37. The van der Waals surface area contributed by atoms with Crippen molar-refractivity contribution in [3.63, 3.8) is 0 Å². The first-order valence-corrected chi connectivity index (χ1v) is 8.53. The summed E-state index contributed by atoms with van der Waals surface area (Å²) in [6, 6.07) is 8.24. The van der Waals surface area contributed by atoms with Gasteiger partial charge in [0.05, 0.1) is 25.3 Å². The largest absolute Gasteiger partial charge is 0.379 e. The van der Waals surface area contributed by atoms with Gasteiger partial charge in [-0.1, -0.05) is 43.2 Å². The van der Waals surface area contributed by atoms with Crippen LogP contribution in [0, 0.1) is 6.92 Å². The highest BCUT2D eigenvalue weighted by Crippen LogP contribution is 2.22. The Morgan fingerprint density at radius 2 is 2.13 bits per heavy atom. The summed E-state index contributed by atoms with van der Waals surface area (Å²) in [5, 5.41) is 3.04. The zero-order chi connectivity index (χ0) is 16.7. The van der Waals surface area contributed by atoms with Gasteiger partial charge in [-0.15, -0.1) is 0 Å². The van der Waals surface area contributed by atoms with Crippen LogP contribution in [0.2, 0.25) is 0 Å². The van der Waals surface area contributed by atoms with Gasteiger partial charge in [-0.3, -0.25) is 9.69 Å². The predicted molar refractivity (Wildman–Crippen MR) is 92.2 cm³/mol. The van der Waals surface area contributed by atoms with E-state index in [9.17, 15) is 4.79 Å². The van der Waals surface area contributed by atoms with Crippen LogP contribution in [0.25, 0.3) is 0 Å². The summed E-state index contributed by atoms with van der Waals surface area (Å²) in [4.78, 5) is 14.5. The fraction of sp³-hybridized carbons (Fsp3) is 0.611. The Morgan fingerprint density at radius 3 is 2.78 bits per heavy atom. The molecule has 2 unspecified atom stereocenters. The third-order valence-corrected chi connectivity index (χ3v) is 4.32. The molecule has 1 aromatic rings. The Labute approximate surface area is 139 Å². The number of rotatable bonds is 7. The van der Waals surface area contributed by atoms with Crippen LogP contribution in [0.3, 0.4) is 0 Å². The van der Waals surface area contributed by atoms with Gasteiger partial charge >= 0.3 is 0 Å². The second-order valence-corrected chi connectivity index (χ2v) is 6.22. The molecule has 0 aromatic heterocycles. The molecule has 2 atom stereocenters. The Kier molecular flexibility index (Phi) is 7.02. The molecule has 5 heteroatoms. The molecule has 128 valence electrons. The number of nitrogens with two attached hydrogens (primary N) is 1. The van der Waals surface area contributed by atoms with E-state index in [0.717, 1.165) is 39.1 Å². The van der Waals surface area contributed by atoms with Gasteiger partial charge in [-0.25, -0.2) is 0 Å². The van der Waals surface area contributed by atoms with Gasteiger partial charge in [-0.05, 0) is 18.9 Å². The summed E-state index contributed by atoms with van der Waals surface area (Å²) in [6.07, 6.45) is 1.64. The molecule has 0 spiro atoms. The number of aryl methyl sites for hydroxylation is 1. The summed E-state index contributed by atoms with van der Waals surface area (Å²) in [5.74, 6) is -0.0576. The van der Waals surface area contributed by atoms with Crippen LogP contribution in [-0.2, 0) is 9.53 Å². The van der Waals surface area contributed by atoms with E-state index in [1.54, 1.807) is 0 Å². The smallest absolute Gasteiger partial charge is 0.236 e. The maximum Gasteiger partial charge on any atom is 0.236 e. The number of benzene rings is 1. The quantitative estimate of drug-likeness (QED) is 0.801. The standard InChI is InChI=1S/C18H29N3O2/c1-3-5-16(19)18(22)20-13-17(21-8-10-23-11-9-21)15-7-4-6-14(2)12-15/h4,6-7,12,16-17H,3,5,8-11,13,19H2,1-2H3,(H,20,22). The Balaban J connectivity index is 2.06. The Hall–Kier alpha value is -1.43. The molecule has 1 aromatic carbocycles. The average molecular weight is 319 g/mol. The molecule has 2 rings (SSSR count). The number of nitrogens with zero attached hydrogens (tertiary/aromatic N) is 1. The van der Waals surface area contributed by atoms with Crippen molar-refractivity contribution in [3.05, 3.63) is 35.4 Å². The van der Waals surface area contributed by atoms with E-state index in [1.165, 1.54) is 11.1 Å². The molecule has 1 heterocycles. The van der Waals surface area contributed by atoms with Crippen LogP contribution in [0.5, 0.6) is 0 Å². The number of ether oxygens (including phenoxy) is 1. The van der Waals surface area contributed by atoms with Crippen molar-refractivity contribution in [2.24, 2.45) is 5.73 Å². The van der Waals surface area contributed by atoms with Crippen molar-refractivity contribution in [2.45, 2.75) is 38.8 Å². The second kappa shape index (κ2) is 9.01. The van der Waals surface area contributed by atoms with Crippen LogP contribution >= 0.6 is 0 Å². The van der Waals surface area contributed by atoms with Gasteiger partial charge in [0.15, 0.2) is 0 Å². The van der Waals surface area contributed by atoms with Crippen LogP contribution < -0.4 is 11.1 Å². The van der Waals surface area contributed by atoms with E-state index in [2.05, 4.69) is 41.4 Å². The maximum atomic E-state index is 12.1. The van der Waals surface area contributed by atoms with Crippen LogP contribution in [0.15, 0.2) is 24.3 Å². The summed E-state index contributed by atoms with van der Waals surface area (Å²) >= 11 is 0. The maximum absolute atomic E-state index is 12.1. The third kappa shape index (κ3) is 5.30. The highest BCUT2D eigenvalue weighted by atomic mass is 16.5. The minimum Gasteiger partial charge on any atom is -0.379 e. The molecule has 0 radical (unpaired) electrons. The third-order valence-electron chi connectivity index (χ3n) is 4.32.